The highest BCUT2D eigenvalue weighted by Crippen LogP contribution is 2.28. The van der Waals surface area contributed by atoms with E-state index in [2.05, 4.69) is 53.6 Å². The van der Waals surface area contributed by atoms with E-state index in [1.54, 1.807) is 13.3 Å². The number of nitrogens with one attached hydrogen (secondary N) is 1. The van der Waals surface area contributed by atoms with Crippen molar-refractivity contribution in [1.29, 1.82) is 0 Å². The standard InChI is InChI=1S/C28H37N3O3S/c1-4-6-8-9-17-34-24-16-15-23(18-25(24)33-3)20-29-31-28-30-27(32)26(35-28)19-22-13-11-21(12-14-22)10-7-5-2/h11-16,18,20,26H,4-10,17,19H2,1-3H3,(H,30,31,32). The Morgan fingerprint density at radius 2 is 1.74 bits per heavy atom. The zero-order valence-electron chi connectivity index (χ0n) is 21.1. The number of amidine groups is 1. The van der Waals surface area contributed by atoms with E-state index < -0.39 is 0 Å². The fourth-order valence-corrected chi connectivity index (χ4v) is 4.73. The van der Waals surface area contributed by atoms with Crippen LogP contribution >= 0.6 is 11.8 Å². The first kappa shape index (κ1) is 26.8. The van der Waals surface area contributed by atoms with Gasteiger partial charge in [0.1, 0.15) is 0 Å². The van der Waals surface area contributed by atoms with Gasteiger partial charge in [0.25, 0.3) is 0 Å². The van der Waals surface area contributed by atoms with Crippen LogP contribution in [0.4, 0.5) is 0 Å². The molecule has 1 atom stereocenters. The summed E-state index contributed by atoms with van der Waals surface area (Å²) in [6, 6.07) is 14.3. The molecule has 1 amide bonds. The monoisotopic (exact) mass is 495 g/mol. The first-order valence-corrected chi connectivity index (χ1v) is 13.5. The molecule has 0 aromatic heterocycles. The Bertz CT molecular complexity index is 1010. The average Bonchev–Trinajstić information content (AvgIpc) is 3.22. The lowest BCUT2D eigenvalue weighted by Crippen LogP contribution is -2.25. The molecule has 188 valence electrons. The molecule has 2 aromatic rings. The number of aryl methyl sites for hydroxylation is 1. The van der Waals surface area contributed by atoms with E-state index >= 15 is 0 Å². The van der Waals surface area contributed by atoms with Crippen molar-refractivity contribution in [1.82, 2.24) is 5.32 Å². The smallest absolute Gasteiger partial charge is 0.239 e. The number of nitrogens with zero attached hydrogens (tertiary/aromatic N) is 2. The van der Waals surface area contributed by atoms with Crippen molar-refractivity contribution in [2.75, 3.05) is 13.7 Å². The second-order valence-electron chi connectivity index (χ2n) is 8.69. The predicted octanol–water partition coefficient (Wildman–Crippen LogP) is 6.16. The van der Waals surface area contributed by atoms with E-state index in [0.717, 1.165) is 29.7 Å². The molecule has 0 spiro atoms. The highest BCUT2D eigenvalue weighted by Gasteiger charge is 2.30. The molecule has 1 N–H and O–H groups in total. The van der Waals surface area contributed by atoms with Crippen molar-refractivity contribution in [3.05, 3.63) is 59.2 Å². The van der Waals surface area contributed by atoms with Crippen molar-refractivity contribution in [3.8, 4) is 11.5 Å². The third-order valence-electron chi connectivity index (χ3n) is 5.84. The molecule has 0 aliphatic carbocycles. The summed E-state index contributed by atoms with van der Waals surface area (Å²) in [6.45, 7) is 5.07. The van der Waals surface area contributed by atoms with E-state index in [-0.39, 0.29) is 11.2 Å². The van der Waals surface area contributed by atoms with Crippen LogP contribution in [0, 0.1) is 0 Å². The summed E-state index contributed by atoms with van der Waals surface area (Å²) in [4.78, 5) is 12.4. The molecule has 0 radical (unpaired) electrons. The van der Waals surface area contributed by atoms with Crippen LogP contribution < -0.4 is 14.8 Å². The minimum Gasteiger partial charge on any atom is -0.493 e. The molecule has 1 unspecified atom stereocenters. The van der Waals surface area contributed by atoms with Gasteiger partial charge < -0.3 is 14.8 Å². The fourth-order valence-electron chi connectivity index (χ4n) is 3.77. The lowest BCUT2D eigenvalue weighted by molar-refractivity contribution is -0.118. The van der Waals surface area contributed by atoms with Crippen molar-refractivity contribution >= 4 is 29.1 Å². The third kappa shape index (κ3) is 8.73. The Hall–Kier alpha value is -2.80. The topological polar surface area (TPSA) is 72.3 Å². The van der Waals surface area contributed by atoms with Gasteiger partial charge in [-0.3, -0.25) is 4.79 Å². The molecule has 1 aliphatic rings. The molecule has 1 fully saturated rings. The van der Waals surface area contributed by atoms with E-state index in [4.69, 9.17) is 9.47 Å². The number of unbranched alkanes of at least 4 members (excludes halogenated alkanes) is 4. The number of hydrogen-bond acceptors (Lipinski definition) is 6. The first-order valence-electron chi connectivity index (χ1n) is 12.6. The number of thioether (sulfide) groups is 1. The highest BCUT2D eigenvalue weighted by atomic mass is 32.2. The van der Waals surface area contributed by atoms with Crippen molar-refractivity contribution in [2.45, 2.75) is 70.5 Å². The van der Waals surface area contributed by atoms with Crippen molar-refractivity contribution in [2.24, 2.45) is 10.2 Å². The second-order valence-corrected chi connectivity index (χ2v) is 9.88. The van der Waals surface area contributed by atoms with Gasteiger partial charge in [-0.15, -0.1) is 5.10 Å². The number of carbonyl (C=O) groups excluding carboxylic acids is 1. The number of ether oxygens (including phenoxy) is 2. The van der Waals surface area contributed by atoms with Gasteiger partial charge in [-0.25, -0.2) is 0 Å². The van der Waals surface area contributed by atoms with Gasteiger partial charge in [-0.2, -0.15) is 5.10 Å². The van der Waals surface area contributed by atoms with Gasteiger partial charge in [0.05, 0.1) is 25.2 Å². The minimum atomic E-state index is -0.195. The number of rotatable bonds is 14. The molecular formula is C28H37N3O3S. The largest absolute Gasteiger partial charge is 0.493 e. The number of benzene rings is 2. The molecule has 6 nitrogen and oxygen atoms in total. The number of hydrogen-bond donors (Lipinski definition) is 1. The van der Waals surface area contributed by atoms with Gasteiger partial charge >= 0.3 is 0 Å². The molecule has 7 heteroatoms. The van der Waals surface area contributed by atoms with Crippen LogP contribution in [-0.4, -0.2) is 36.3 Å². The molecule has 1 heterocycles. The SMILES string of the molecule is CCCCCCOc1ccc(C=N/N=C2\NC(=O)C(Cc3ccc(CCCC)cc3)S2)cc1OC. The minimum absolute atomic E-state index is 0.0267. The quantitative estimate of drug-likeness (QED) is 0.193. The highest BCUT2D eigenvalue weighted by molar-refractivity contribution is 8.15. The van der Waals surface area contributed by atoms with Gasteiger partial charge in [0.2, 0.25) is 5.91 Å². The van der Waals surface area contributed by atoms with Crippen LogP contribution in [-0.2, 0) is 17.6 Å². The average molecular weight is 496 g/mol. The van der Waals surface area contributed by atoms with Gasteiger partial charge in [0.15, 0.2) is 16.7 Å². The Labute approximate surface area is 213 Å². The molecular weight excluding hydrogens is 458 g/mol. The third-order valence-corrected chi connectivity index (χ3v) is 6.91. The summed E-state index contributed by atoms with van der Waals surface area (Å²) in [5.41, 5.74) is 3.35. The summed E-state index contributed by atoms with van der Waals surface area (Å²) < 4.78 is 11.3. The Morgan fingerprint density at radius 3 is 2.49 bits per heavy atom. The van der Waals surface area contributed by atoms with E-state index in [1.165, 1.54) is 49.4 Å². The lowest BCUT2D eigenvalue weighted by Gasteiger charge is -2.11. The molecule has 0 bridgehead atoms. The Balaban J connectivity index is 1.52. The second kappa shape index (κ2) is 14.6. The molecule has 2 aromatic carbocycles. The summed E-state index contributed by atoms with van der Waals surface area (Å²) in [7, 11) is 1.63. The maximum absolute atomic E-state index is 12.4. The van der Waals surface area contributed by atoms with Crippen LogP contribution in [0.1, 0.15) is 69.1 Å². The van der Waals surface area contributed by atoms with Crippen molar-refractivity contribution < 1.29 is 14.3 Å². The number of amides is 1. The lowest BCUT2D eigenvalue weighted by atomic mass is 10.0. The zero-order chi connectivity index (χ0) is 24.9. The summed E-state index contributed by atoms with van der Waals surface area (Å²) in [6.07, 6.45) is 10.4. The molecule has 35 heavy (non-hydrogen) atoms. The molecule has 0 saturated carbocycles. The van der Waals surface area contributed by atoms with Crippen LogP contribution in [0.5, 0.6) is 11.5 Å². The Kier molecular flexibility index (Phi) is 11.2. The first-order chi connectivity index (χ1) is 17.1. The van der Waals surface area contributed by atoms with E-state index in [0.29, 0.717) is 23.9 Å². The fraction of sp³-hybridized carbons (Fsp3) is 0.464. The summed E-state index contributed by atoms with van der Waals surface area (Å²) >= 11 is 1.42. The number of methoxy groups -OCH3 is 1. The van der Waals surface area contributed by atoms with Gasteiger partial charge in [-0.05, 0) is 60.6 Å². The zero-order valence-corrected chi connectivity index (χ0v) is 21.9. The maximum Gasteiger partial charge on any atom is 0.239 e. The number of carbonyl (C=O) groups is 1. The summed E-state index contributed by atoms with van der Waals surface area (Å²) in [5, 5.41) is 11.5. The van der Waals surface area contributed by atoms with E-state index in [9.17, 15) is 4.79 Å². The van der Waals surface area contributed by atoms with Crippen LogP contribution in [0.25, 0.3) is 0 Å². The van der Waals surface area contributed by atoms with E-state index in [1.807, 2.05) is 18.2 Å². The normalized spacial score (nSPS) is 16.7. The molecule has 1 saturated heterocycles. The summed E-state index contributed by atoms with van der Waals surface area (Å²) in [5.74, 6) is 1.37. The van der Waals surface area contributed by atoms with Crippen molar-refractivity contribution in [3.63, 3.8) is 0 Å². The maximum atomic E-state index is 12.4. The van der Waals surface area contributed by atoms with Crippen LogP contribution in [0.15, 0.2) is 52.7 Å². The van der Waals surface area contributed by atoms with Gasteiger partial charge in [0, 0.05) is 0 Å². The molecule has 1 aliphatic heterocycles. The molecule has 3 rings (SSSR count). The van der Waals surface area contributed by atoms with Crippen LogP contribution in [0.2, 0.25) is 0 Å². The van der Waals surface area contributed by atoms with Gasteiger partial charge in [-0.1, -0.05) is 75.6 Å². The van der Waals surface area contributed by atoms with Crippen LogP contribution in [0.3, 0.4) is 0 Å². The Morgan fingerprint density at radius 1 is 0.971 bits per heavy atom. The predicted molar refractivity (Wildman–Crippen MR) is 146 cm³/mol.